The molecule has 0 atom stereocenters. The molecule has 0 aromatic rings. The minimum Gasteiger partial charge on any atom is -0.298 e. The molecule has 0 bridgehead atoms. The maximum Gasteiger partial charge on any atom is 0.149 e. The van der Waals surface area contributed by atoms with E-state index in [4.69, 9.17) is 0 Å². The van der Waals surface area contributed by atoms with Crippen LogP contribution in [-0.2, 0) is 4.79 Å². The van der Waals surface area contributed by atoms with Crippen molar-refractivity contribution in [3.63, 3.8) is 0 Å². The molecule has 0 amide bonds. The molecule has 0 unspecified atom stereocenters. The first-order valence-corrected chi connectivity index (χ1v) is 3.12. The molecule has 0 aromatic heterocycles. The van der Waals surface area contributed by atoms with Gasteiger partial charge in [-0.05, 0) is 13.8 Å². The molecule has 0 N–H and O–H groups in total. The quantitative estimate of drug-likeness (QED) is 0.330. The Labute approximate surface area is 61.8 Å². The van der Waals surface area contributed by atoms with Crippen molar-refractivity contribution in [3.8, 4) is 0 Å². The number of carbonyl (C=O) groups is 1. The van der Waals surface area contributed by atoms with Crippen molar-refractivity contribution in [2.45, 2.75) is 13.8 Å². The van der Waals surface area contributed by atoms with Crippen LogP contribution in [0.3, 0.4) is 0 Å². The number of carbonyl (C=O) groups excluding carboxylic acids is 1. The van der Waals surface area contributed by atoms with E-state index in [9.17, 15) is 4.79 Å². The summed E-state index contributed by atoms with van der Waals surface area (Å²) in [6.45, 7) is 7.47. The van der Waals surface area contributed by atoms with Crippen molar-refractivity contribution in [1.82, 2.24) is 0 Å². The second-order valence-electron chi connectivity index (χ2n) is 2.30. The number of hydrogen-bond donors (Lipinski definition) is 0. The topological polar surface area (TPSA) is 17.1 Å². The maximum absolute atomic E-state index is 10.0. The van der Waals surface area contributed by atoms with Gasteiger partial charge in [0.1, 0.15) is 6.29 Å². The summed E-state index contributed by atoms with van der Waals surface area (Å²) in [4.78, 5) is 10.0. The van der Waals surface area contributed by atoms with Crippen LogP contribution < -0.4 is 0 Å². The summed E-state index contributed by atoms with van der Waals surface area (Å²) in [6.07, 6.45) is 6.15. The molecule has 0 heterocycles. The van der Waals surface area contributed by atoms with Crippen LogP contribution >= 0.6 is 0 Å². The van der Waals surface area contributed by atoms with Crippen molar-refractivity contribution in [1.29, 1.82) is 0 Å². The summed E-state index contributed by atoms with van der Waals surface area (Å²) in [7, 11) is 0. The average Bonchev–Trinajstić information content (AvgIpc) is 1.87. The Balaban J connectivity index is 3.89. The van der Waals surface area contributed by atoms with E-state index < -0.39 is 0 Å². The van der Waals surface area contributed by atoms with Gasteiger partial charge >= 0.3 is 0 Å². The van der Waals surface area contributed by atoms with Crippen LogP contribution in [0.2, 0.25) is 0 Å². The zero-order valence-electron chi connectivity index (χ0n) is 6.42. The van der Waals surface area contributed by atoms with Gasteiger partial charge < -0.3 is 0 Å². The van der Waals surface area contributed by atoms with Gasteiger partial charge in [0.25, 0.3) is 0 Å². The van der Waals surface area contributed by atoms with Gasteiger partial charge in [-0.15, -0.1) is 0 Å². The predicted octanol–water partition coefficient (Wildman–Crippen LogP) is 2.26. The Bertz CT molecular complexity index is 181. The second-order valence-corrected chi connectivity index (χ2v) is 2.30. The molecule has 1 nitrogen and oxygen atoms in total. The van der Waals surface area contributed by atoms with Crippen LogP contribution in [0.15, 0.2) is 36.0 Å². The largest absolute Gasteiger partial charge is 0.298 e. The van der Waals surface area contributed by atoms with E-state index in [0.717, 1.165) is 6.29 Å². The molecule has 0 rings (SSSR count). The standard InChI is InChI=1S/C9H12O/c1-8(2)5-4-6-9(3)7-10/h4-7H,3H2,1-2H3. The molecule has 1 heteroatoms. The molecule has 0 aliphatic rings. The lowest BCUT2D eigenvalue weighted by Gasteiger charge is -1.82. The molecule has 0 saturated carbocycles. The highest BCUT2D eigenvalue weighted by molar-refractivity contribution is 5.76. The van der Waals surface area contributed by atoms with Crippen molar-refractivity contribution in [3.05, 3.63) is 36.0 Å². The first-order chi connectivity index (χ1) is 4.66. The molecule has 0 fully saturated rings. The Morgan fingerprint density at radius 3 is 2.40 bits per heavy atom. The lowest BCUT2D eigenvalue weighted by atomic mass is 10.2. The Kier molecular flexibility index (Phi) is 4.21. The SMILES string of the molecule is C=C(C=O)C=CC=C(C)C. The van der Waals surface area contributed by atoms with Crippen LogP contribution in [0.25, 0.3) is 0 Å². The molecule has 10 heavy (non-hydrogen) atoms. The van der Waals surface area contributed by atoms with E-state index in [-0.39, 0.29) is 0 Å². The summed E-state index contributed by atoms with van der Waals surface area (Å²) < 4.78 is 0. The predicted molar refractivity (Wildman–Crippen MR) is 43.8 cm³/mol. The molecule has 0 aliphatic heterocycles. The Morgan fingerprint density at radius 1 is 1.40 bits per heavy atom. The lowest BCUT2D eigenvalue weighted by Crippen LogP contribution is -1.72. The van der Waals surface area contributed by atoms with Crippen LogP contribution in [0.4, 0.5) is 0 Å². The third-order valence-corrected chi connectivity index (χ3v) is 0.891. The van der Waals surface area contributed by atoms with E-state index in [1.165, 1.54) is 5.57 Å². The fourth-order valence-electron chi connectivity index (χ4n) is 0.403. The highest BCUT2D eigenvalue weighted by atomic mass is 16.1. The molecule has 0 saturated heterocycles. The van der Waals surface area contributed by atoms with E-state index in [0.29, 0.717) is 5.57 Å². The van der Waals surface area contributed by atoms with E-state index in [1.54, 1.807) is 6.08 Å². The van der Waals surface area contributed by atoms with Gasteiger partial charge in [-0.2, -0.15) is 0 Å². The fraction of sp³-hybridized carbons (Fsp3) is 0.222. The van der Waals surface area contributed by atoms with Gasteiger partial charge in [-0.1, -0.05) is 30.4 Å². The van der Waals surface area contributed by atoms with Crippen LogP contribution in [0, 0.1) is 0 Å². The van der Waals surface area contributed by atoms with Crippen molar-refractivity contribution in [2.75, 3.05) is 0 Å². The first-order valence-electron chi connectivity index (χ1n) is 3.12. The van der Waals surface area contributed by atoms with Gasteiger partial charge in [0.05, 0.1) is 0 Å². The summed E-state index contributed by atoms with van der Waals surface area (Å²) in [5.74, 6) is 0. The first kappa shape index (κ1) is 8.89. The van der Waals surface area contributed by atoms with Crippen molar-refractivity contribution in [2.24, 2.45) is 0 Å². The molecule has 0 aliphatic carbocycles. The van der Waals surface area contributed by atoms with E-state index in [2.05, 4.69) is 6.58 Å². The fourth-order valence-corrected chi connectivity index (χ4v) is 0.403. The smallest absolute Gasteiger partial charge is 0.149 e. The summed E-state index contributed by atoms with van der Waals surface area (Å²) >= 11 is 0. The number of allylic oxidation sites excluding steroid dienone is 5. The second kappa shape index (κ2) is 4.74. The van der Waals surface area contributed by atoms with Crippen molar-refractivity contribution >= 4 is 6.29 Å². The maximum atomic E-state index is 10.0. The summed E-state index contributed by atoms with van der Waals surface area (Å²) in [5.41, 5.74) is 1.70. The van der Waals surface area contributed by atoms with Crippen LogP contribution in [0.1, 0.15) is 13.8 Å². The third-order valence-electron chi connectivity index (χ3n) is 0.891. The zero-order valence-corrected chi connectivity index (χ0v) is 6.42. The van der Waals surface area contributed by atoms with E-state index >= 15 is 0 Å². The Morgan fingerprint density at radius 2 is 2.00 bits per heavy atom. The number of aldehydes is 1. The van der Waals surface area contributed by atoms with Crippen molar-refractivity contribution < 1.29 is 4.79 Å². The van der Waals surface area contributed by atoms with Gasteiger partial charge in [0.15, 0.2) is 0 Å². The zero-order chi connectivity index (χ0) is 7.98. The van der Waals surface area contributed by atoms with Gasteiger partial charge in [0, 0.05) is 5.57 Å². The highest BCUT2D eigenvalue weighted by Gasteiger charge is 1.77. The van der Waals surface area contributed by atoms with Crippen LogP contribution in [0.5, 0.6) is 0 Å². The summed E-state index contributed by atoms with van der Waals surface area (Å²) in [5, 5.41) is 0. The van der Waals surface area contributed by atoms with Gasteiger partial charge in [-0.3, -0.25) is 4.79 Å². The molecule has 0 spiro atoms. The molecular weight excluding hydrogens is 124 g/mol. The summed E-state index contributed by atoms with van der Waals surface area (Å²) in [6, 6.07) is 0. The minimum atomic E-state index is 0.498. The van der Waals surface area contributed by atoms with E-state index in [1.807, 2.05) is 26.0 Å². The normalized spacial score (nSPS) is 9.40. The lowest BCUT2D eigenvalue weighted by molar-refractivity contribution is -0.104. The molecule has 0 aromatic carbocycles. The highest BCUT2D eigenvalue weighted by Crippen LogP contribution is 1.92. The Hall–Kier alpha value is -1.11. The average molecular weight is 136 g/mol. The molecular formula is C9H12O. The van der Waals surface area contributed by atoms with Gasteiger partial charge in [-0.25, -0.2) is 0 Å². The monoisotopic (exact) mass is 136 g/mol. The minimum absolute atomic E-state index is 0.498. The number of hydrogen-bond acceptors (Lipinski definition) is 1. The van der Waals surface area contributed by atoms with Gasteiger partial charge in [0.2, 0.25) is 0 Å². The molecule has 0 radical (unpaired) electrons. The molecule has 54 valence electrons. The number of rotatable bonds is 3. The third kappa shape index (κ3) is 5.04. The van der Waals surface area contributed by atoms with Crippen LogP contribution in [-0.4, -0.2) is 6.29 Å².